The number of morpholine rings is 1. The number of aliphatic hydroxyl groups excluding tert-OH is 8. The number of nitrogens with one attached hydrogen (secondary N) is 6. The zero-order valence-corrected chi connectivity index (χ0v) is 59.6. The maximum Gasteiger partial charge on any atom is 1.00 e. The summed E-state index contributed by atoms with van der Waals surface area (Å²) in [6.45, 7) is 8.23. The van der Waals surface area contributed by atoms with Gasteiger partial charge in [0.25, 0.3) is 18.2 Å². The van der Waals surface area contributed by atoms with Crippen LogP contribution in [-0.2, 0) is 49.3 Å². The average Bonchev–Trinajstić information content (AvgIpc) is 1.66. The molecule has 5 fully saturated rings. The van der Waals surface area contributed by atoms with Gasteiger partial charge in [-0.15, -0.1) is 4.33 Å². The Hall–Kier alpha value is -7.00. The molecule has 32 nitrogen and oxygen atoms in total. The van der Waals surface area contributed by atoms with Crippen molar-refractivity contribution < 1.29 is 133 Å². The molecular formula is C67H90N11NaO21S. The largest absolute Gasteiger partial charge is 1.00 e. The van der Waals surface area contributed by atoms with Gasteiger partial charge < -0.3 is 117 Å². The molecule has 9 rings (SSSR count). The van der Waals surface area contributed by atoms with Gasteiger partial charge in [-0.3, -0.25) is 38.6 Å². The number of aliphatic hydroxyl groups is 8. The van der Waals surface area contributed by atoms with Gasteiger partial charge in [0.2, 0.25) is 35.4 Å². The number of phenols is 1. The van der Waals surface area contributed by atoms with Gasteiger partial charge in [-0.25, -0.2) is 0 Å². The summed E-state index contributed by atoms with van der Waals surface area (Å²) in [5, 5.41) is 128. The normalized spacial score (nSPS) is 26.9. The fourth-order valence-corrected chi connectivity index (χ4v) is 13.5. The predicted octanol–water partition coefficient (Wildman–Crippen LogP) is -6.55. The summed E-state index contributed by atoms with van der Waals surface area (Å²) < 4.78 is 15.1. The molecule has 4 aromatic carbocycles. The molecule has 5 aliphatic heterocycles. The van der Waals surface area contributed by atoms with Crippen LogP contribution in [0.5, 0.6) is 11.5 Å². The van der Waals surface area contributed by atoms with Gasteiger partial charge in [-0.1, -0.05) is 37.3 Å². The van der Waals surface area contributed by atoms with Crippen LogP contribution in [0.1, 0.15) is 62.9 Å². The number of carbonyl (C=O) groups is 7. The number of fused-ring (bicyclic) bond motifs is 2. The first kappa shape index (κ1) is 79.7. The first-order chi connectivity index (χ1) is 47.8. The van der Waals surface area contributed by atoms with E-state index >= 15 is 4.79 Å². The number of hydrogen-bond donors (Lipinski definition) is 15. The summed E-state index contributed by atoms with van der Waals surface area (Å²) >= 11 is 0.00780. The number of amides is 7. The molecule has 4 aromatic rings. The Morgan fingerprint density at radius 2 is 1.24 bits per heavy atom. The predicted molar refractivity (Wildman–Crippen MR) is 359 cm³/mol. The molecule has 0 saturated carbocycles. The van der Waals surface area contributed by atoms with E-state index < -0.39 is 184 Å². The van der Waals surface area contributed by atoms with Crippen molar-refractivity contribution in [1.29, 1.82) is 0 Å². The number of phenolic OH excluding ortho intramolecular Hbond substituents is 1. The number of hydrogen-bond acceptors (Lipinski definition) is 26. The maximum atomic E-state index is 15.0. The minimum Gasteiger partial charge on any atom is -0.691 e. The molecule has 0 spiro atoms. The topological polar surface area (TPSA) is 450 Å². The number of nitrogens with zero attached hydrogens (tertiary/aromatic N) is 5. The van der Waals surface area contributed by atoms with Crippen molar-refractivity contribution in [3.63, 3.8) is 0 Å². The molecule has 5 heterocycles. The molecule has 0 aromatic heterocycles. The zero-order chi connectivity index (χ0) is 72.1. The fourth-order valence-electron chi connectivity index (χ4n) is 13.3. The van der Waals surface area contributed by atoms with E-state index in [1.807, 2.05) is 0 Å². The van der Waals surface area contributed by atoms with Crippen LogP contribution in [0.25, 0.3) is 11.1 Å². The van der Waals surface area contributed by atoms with E-state index in [1.54, 1.807) is 24.3 Å². The molecule has 0 aliphatic carbocycles. The van der Waals surface area contributed by atoms with Crippen molar-refractivity contribution in [1.82, 2.24) is 41.7 Å². The van der Waals surface area contributed by atoms with E-state index in [4.69, 9.17) is 8.92 Å². The van der Waals surface area contributed by atoms with E-state index in [0.29, 0.717) is 26.2 Å². The molecule has 0 radical (unpaired) electrons. The van der Waals surface area contributed by atoms with Crippen molar-refractivity contribution >= 4 is 70.7 Å². The third-order valence-corrected chi connectivity index (χ3v) is 19.1. The zero-order valence-electron chi connectivity index (χ0n) is 56.8. The summed E-state index contributed by atoms with van der Waals surface area (Å²) in [5.41, 5.74) is 5.40. The summed E-state index contributed by atoms with van der Waals surface area (Å²) in [4.78, 5) is 111. The van der Waals surface area contributed by atoms with Crippen LogP contribution in [-0.4, -0.2) is 267 Å². The number of carbonyl (C=O) groups excluding carboxylic acids is 7. The van der Waals surface area contributed by atoms with E-state index in [9.17, 15) is 80.0 Å². The van der Waals surface area contributed by atoms with Gasteiger partial charge in [0.05, 0.1) is 68.1 Å². The summed E-state index contributed by atoms with van der Waals surface area (Å²) in [6, 6.07) is 14.8. The molecule has 546 valence electrons. The second-order valence-electron chi connectivity index (χ2n) is 26.2. The standard InChI is InChI=1S/C67H91N11O21S.Na/c1-36-30-78-59(60(36)87)65(92)69-29-48(82)27-50(70-61(88)43-10-16-46(17-11-43)75-23-21-74(22-24-75)45-12-6-41(7-13-45)42-8-14-47(15-9-42)76-31-37(2)96-38(3)32-76)62(89)71-56(39(4)81)66(93)77-33-49(83)28-51(77)63(90)72-57(54(86)25-40-5-18-52(84)55(26-40)97-100-99-98-95)64(91)73-58(67(78)94)53(85)19-20-68-44(34-79)35-80;/h5-18,26,36-39,44,48-51,53-54,56-60,68,79-87,95H,19-25,27-35H2,1-4H3,(H,69,92)(H,70,88)(H,71,89)(H,72,90)(H,73,91);/q;+1/p-1/t36-,37-,38+,39+,48+,49+,50?,51-,53+,54+,56-,57-,58-,59-,60-;/m0./s1. The summed E-state index contributed by atoms with van der Waals surface area (Å²) in [6.07, 6.45) is -12.3. The summed E-state index contributed by atoms with van der Waals surface area (Å²) in [7, 11) is 0. The van der Waals surface area contributed by atoms with Crippen LogP contribution in [0.4, 0.5) is 17.1 Å². The molecule has 7 amide bonds. The molecule has 15 atom stereocenters. The van der Waals surface area contributed by atoms with E-state index in [-0.39, 0.29) is 84.1 Å². The SMILES string of the molecule is C[C@@H]1CN(c2ccc(-c3ccc(N4CCN(c5ccc(C(=O)NC6C[C@@H](O)CNC(=O)[C@@H]7[C@@H](O)[C@@H](C)CN7C(=O)[C@H]([C@H](O)CCNC(CO)CO)NC(=O)[C@H]([C@H](O)Cc7ccc(O)c(OSOO[O-])c7)NC(=O)[C@@H]7C[C@@H](O)CN7C(=O)[C@H]([C@@H](C)O)NC6=O)cc5)CC4)cc3)cc2)C[C@H](C)O1.[Na+]. The Kier molecular flexibility index (Phi) is 29.1. The van der Waals surface area contributed by atoms with Crippen LogP contribution in [0.15, 0.2) is 91.0 Å². The summed E-state index contributed by atoms with van der Waals surface area (Å²) in [5.74, 6) is -9.57. The van der Waals surface area contributed by atoms with Crippen LogP contribution in [0.2, 0.25) is 0 Å². The smallest absolute Gasteiger partial charge is 0.691 e. The second kappa shape index (κ2) is 36.9. The second-order valence-corrected chi connectivity index (χ2v) is 26.6. The molecule has 0 bridgehead atoms. The van der Waals surface area contributed by atoms with E-state index in [1.165, 1.54) is 13.0 Å². The van der Waals surface area contributed by atoms with Crippen LogP contribution < -0.4 is 85.6 Å². The van der Waals surface area contributed by atoms with Crippen molar-refractivity contribution in [3.05, 3.63) is 102 Å². The van der Waals surface area contributed by atoms with Crippen LogP contribution in [0.3, 0.4) is 0 Å². The average molecular weight is 1440 g/mol. The maximum absolute atomic E-state index is 15.0. The number of β-amino-alcohol motifs (C(OH)–C–C–N with tert-alkyl or cyclic N) is 1. The number of benzene rings is 4. The number of aromatic hydroxyl groups is 1. The minimum atomic E-state index is -2.16. The number of piperazine rings is 1. The first-order valence-electron chi connectivity index (χ1n) is 33.3. The molecule has 5 saturated heterocycles. The van der Waals surface area contributed by atoms with Gasteiger partial charge in [0, 0.05) is 107 Å². The van der Waals surface area contributed by atoms with Gasteiger partial charge in [-0.05, 0) is 111 Å². The van der Waals surface area contributed by atoms with Gasteiger partial charge in [0.15, 0.2) is 11.5 Å². The quantitative estimate of drug-likeness (QED) is 0.0121. The van der Waals surface area contributed by atoms with Crippen molar-refractivity contribution in [3.8, 4) is 22.6 Å². The third kappa shape index (κ3) is 20.5. The van der Waals surface area contributed by atoms with Crippen molar-refractivity contribution in [2.75, 3.05) is 93.4 Å². The molecule has 34 heteroatoms. The molecular weight excluding hydrogens is 1350 g/mol. The molecule has 101 heavy (non-hydrogen) atoms. The van der Waals surface area contributed by atoms with E-state index in [0.717, 1.165) is 70.1 Å². The number of anilines is 3. The number of ether oxygens (including phenoxy) is 1. The van der Waals surface area contributed by atoms with Crippen LogP contribution >= 0.6 is 12.3 Å². The Morgan fingerprint density at radius 1 is 0.673 bits per heavy atom. The van der Waals surface area contributed by atoms with Gasteiger partial charge >= 0.3 is 29.6 Å². The Balaban J connectivity index is 0.0000130. The van der Waals surface area contributed by atoms with Crippen LogP contribution in [0, 0.1) is 5.92 Å². The monoisotopic (exact) mass is 1440 g/mol. The molecule has 15 N–H and O–H groups in total. The minimum absolute atomic E-state index is 0. The first-order valence-corrected chi connectivity index (χ1v) is 34.0. The molecule has 1 unspecified atom stereocenters. The molecule has 5 aliphatic rings. The Labute approximate surface area is 610 Å². The third-order valence-electron chi connectivity index (χ3n) is 18.7. The van der Waals surface area contributed by atoms with Gasteiger partial charge in [0.1, 0.15) is 36.3 Å². The van der Waals surface area contributed by atoms with E-state index in [2.05, 4.69) is 118 Å². The van der Waals surface area contributed by atoms with Crippen molar-refractivity contribution in [2.45, 2.75) is 145 Å². The Bertz CT molecular complexity index is 3430. The number of rotatable bonds is 21. The van der Waals surface area contributed by atoms with Gasteiger partial charge in [-0.2, -0.15) is 0 Å². The van der Waals surface area contributed by atoms with Crippen molar-refractivity contribution in [2.24, 2.45) is 5.92 Å². The Morgan fingerprint density at radius 3 is 1.82 bits per heavy atom. The fraction of sp³-hybridized carbons (Fsp3) is 0.537.